The van der Waals surface area contributed by atoms with Gasteiger partial charge in [0.1, 0.15) is 5.82 Å². The number of rotatable bonds is 4. The molecule has 1 N–H and O–H groups in total. The largest absolute Gasteiger partial charge is 0.373 e. The van der Waals surface area contributed by atoms with Crippen LogP contribution in [-0.4, -0.2) is 19.2 Å². The first-order valence-corrected chi connectivity index (χ1v) is 5.32. The Balaban J connectivity index is 1.77. The maximum atomic E-state index is 13.2. The summed E-state index contributed by atoms with van der Waals surface area (Å²) < 4.78 is 18.8. The topological polar surface area (TPSA) is 21.3 Å². The highest BCUT2D eigenvalue weighted by atomic mass is 19.1. The molecule has 0 amide bonds. The first kappa shape index (κ1) is 10.6. The van der Waals surface area contributed by atoms with Crippen LogP contribution in [0.2, 0.25) is 0 Å². The molecule has 15 heavy (non-hydrogen) atoms. The van der Waals surface area contributed by atoms with E-state index in [-0.39, 0.29) is 5.82 Å². The van der Waals surface area contributed by atoms with Gasteiger partial charge in [-0.05, 0) is 26.0 Å². The van der Waals surface area contributed by atoms with Crippen molar-refractivity contribution in [2.75, 3.05) is 7.05 Å². The Labute approximate surface area is 89.4 Å². The summed E-state index contributed by atoms with van der Waals surface area (Å²) >= 11 is 0. The van der Waals surface area contributed by atoms with E-state index in [9.17, 15) is 4.39 Å². The fraction of sp³-hybridized carbons (Fsp3) is 0.500. The normalized spacial score (nSPS) is 24.9. The maximum absolute atomic E-state index is 13.2. The van der Waals surface area contributed by atoms with Crippen molar-refractivity contribution < 1.29 is 9.13 Å². The fourth-order valence-electron chi connectivity index (χ4n) is 1.76. The van der Waals surface area contributed by atoms with Crippen LogP contribution in [0.25, 0.3) is 0 Å². The Hall–Kier alpha value is -0.930. The fourth-order valence-corrected chi connectivity index (χ4v) is 1.76. The second-order valence-corrected chi connectivity index (χ2v) is 3.98. The lowest BCUT2D eigenvalue weighted by molar-refractivity contribution is -0.0259. The third-order valence-electron chi connectivity index (χ3n) is 2.94. The van der Waals surface area contributed by atoms with Crippen LogP contribution in [0.3, 0.4) is 0 Å². The summed E-state index contributed by atoms with van der Waals surface area (Å²) in [6.07, 6.45) is 2.36. The van der Waals surface area contributed by atoms with Gasteiger partial charge < -0.3 is 10.1 Å². The maximum Gasteiger partial charge on any atom is 0.128 e. The van der Waals surface area contributed by atoms with Crippen LogP contribution in [0.4, 0.5) is 4.39 Å². The summed E-state index contributed by atoms with van der Waals surface area (Å²) in [5.74, 6) is -0.179. The van der Waals surface area contributed by atoms with E-state index in [0.29, 0.717) is 24.3 Å². The molecule has 1 aromatic carbocycles. The molecule has 2 nitrogen and oxygen atoms in total. The van der Waals surface area contributed by atoms with Crippen LogP contribution < -0.4 is 5.32 Å². The van der Waals surface area contributed by atoms with Crippen molar-refractivity contribution in [2.24, 2.45) is 0 Å². The summed E-state index contributed by atoms with van der Waals surface area (Å²) in [6.45, 7) is 0.383. The Morgan fingerprint density at radius 3 is 2.80 bits per heavy atom. The van der Waals surface area contributed by atoms with Gasteiger partial charge in [0.25, 0.3) is 0 Å². The van der Waals surface area contributed by atoms with E-state index < -0.39 is 0 Å². The number of nitrogens with one attached hydrogen (secondary N) is 1. The molecule has 1 aromatic rings. The smallest absolute Gasteiger partial charge is 0.128 e. The lowest BCUT2D eigenvalue weighted by Crippen LogP contribution is -2.43. The van der Waals surface area contributed by atoms with Gasteiger partial charge in [-0.25, -0.2) is 4.39 Å². The summed E-state index contributed by atoms with van der Waals surface area (Å²) in [4.78, 5) is 0. The molecule has 3 heteroatoms. The minimum atomic E-state index is -0.179. The molecule has 0 aromatic heterocycles. The van der Waals surface area contributed by atoms with Crippen molar-refractivity contribution in [3.05, 3.63) is 35.6 Å². The van der Waals surface area contributed by atoms with E-state index in [1.165, 1.54) is 6.07 Å². The molecule has 2 rings (SSSR count). The standard InChI is InChI=1S/C12H16FNO/c1-14-10-6-11(7-10)15-8-9-4-2-3-5-12(9)13/h2-5,10-11,14H,6-8H2,1H3. The van der Waals surface area contributed by atoms with Crippen molar-refractivity contribution in [3.63, 3.8) is 0 Å². The minimum absolute atomic E-state index is 0.179. The number of hydrogen-bond donors (Lipinski definition) is 1. The van der Waals surface area contributed by atoms with E-state index in [4.69, 9.17) is 4.74 Å². The van der Waals surface area contributed by atoms with Crippen LogP contribution >= 0.6 is 0 Å². The first-order valence-electron chi connectivity index (χ1n) is 5.32. The quantitative estimate of drug-likeness (QED) is 0.820. The summed E-state index contributed by atoms with van der Waals surface area (Å²) in [7, 11) is 1.96. The zero-order valence-electron chi connectivity index (χ0n) is 8.87. The zero-order valence-corrected chi connectivity index (χ0v) is 8.87. The molecule has 1 fully saturated rings. The molecular formula is C12H16FNO. The van der Waals surface area contributed by atoms with Gasteiger partial charge in [-0.1, -0.05) is 18.2 Å². The third kappa shape index (κ3) is 2.55. The molecule has 0 radical (unpaired) electrons. The Morgan fingerprint density at radius 2 is 2.13 bits per heavy atom. The SMILES string of the molecule is CNC1CC(OCc2ccccc2F)C1. The van der Waals surface area contributed by atoms with Crippen LogP contribution in [0.1, 0.15) is 18.4 Å². The molecule has 1 saturated carbocycles. The summed E-state index contributed by atoms with van der Waals surface area (Å²) in [6, 6.07) is 7.34. The van der Waals surface area contributed by atoms with Crippen molar-refractivity contribution in [3.8, 4) is 0 Å². The lowest BCUT2D eigenvalue weighted by Gasteiger charge is -2.34. The van der Waals surface area contributed by atoms with Gasteiger partial charge >= 0.3 is 0 Å². The van der Waals surface area contributed by atoms with E-state index >= 15 is 0 Å². The van der Waals surface area contributed by atoms with Gasteiger partial charge in [0.05, 0.1) is 12.7 Å². The van der Waals surface area contributed by atoms with Gasteiger partial charge in [-0.3, -0.25) is 0 Å². The van der Waals surface area contributed by atoms with E-state index in [1.54, 1.807) is 12.1 Å². The van der Waals surface area contributed by atoms with Crippen molar-refractivity contribution in [1.82, 2.24) is 5.32 Å². The predicted molar refractivity (Wildman–Crippen MR) is 57.1 cm³/mol. The molecule has 1 aliphatic carbocycles. The first-order chi connectivity index (χ1) is 7.29. The van der Waals surface area contributed by atoms with E-state index in [0.717, 1.165) is 12.8 Å². The molecule has 1 aliphatic rings. The molecule has 0 spiro atoms. The molecule has 0 saturated heterocycles. The average molecular weight is 209 g/mol. The van der Waals surface area contributed by atoms with Gasteiger partial charge in [-0.2, -0.15) is 0 Å². The van der Waals surface area contributed by atoms with Gasteiger partial charge in [-0.15, -0.1) is 0 Å². The Morgan fingerprint density at radius 1 is 1.40 bits per heavy atom. The molecule has 0 aliphatic heterocycles. The molecule has 0 unspecified atom stereocenters. The molecule has 82 valence electrons. The number of benzene rings is 1. The average Bonchev–Trinajstić information content (AvgIpc) is 2.18. The van der Waals surface area contributed by atoms with Gasteiger partial charge in [0.15, 0.2) is 0 Å². The minimum Gasteiger partial charge on any atom is -0.373 e. The second-order valence-electron chi connectivity index (χ2n) is 3.98. The lowest BCUT2D eigenvalue weighted by atomic mass is 9.89. The van der Waals surface area contributed by atoms with E-state index in [2.05, 4.69) is 5.32 Å². The highest BCUT2D eigenvalue weighted by Gasteiger charge is 2.28. The molecule has 0 bridgehead atoms. The van der Waals surface area contributed by atoms with Crippen molar-refractivity contribution in [2.45, 2.75) is 31.6 Å². The Bertz CT molecular complexity index is 323. The van der Waals surface area contributed by atoms with E-state index in [1.807, 2.05) is 13.1 Å². The highest BCUT2D eigenvalue weighted by molar-refractivity contribution is 5.16. The highest BCUT2D eigenvalue weighted by Crippen LogP contribution is 2.24. The van der Waals surface area contributed by atoms with Gasteiger partial charge in [0.2, 0.25) is 0 Å². The van der Waals surface area contributed by atoms with Gasteiger partial charge in [0, 0.05) is 11.6 Å². The van der Waals surface area contributed by atoms with Crippen LogP contribution in [0.15, 0.2) is 24.3 Å². The third-order valence-corrected chi connectivity index (χ3v) is 2.94. The van der Waals surface area contributed by atoms with Crippen molar-refractivity contribution in [1.29, 1.82) is 0 Å². The number of halogens is 1. The summed E-state index contributed by atoms with van der Waals surface area (Å²) in [5, 5.41) is 3.19. The second kappa shape index (κ2) is 4.73. The molecular weight excluding hydrogens is 193 g/mol. The molecule has 0 heterocycles. The Kier molecular flexibility index (Phi) is 3.34. The monoisotopic (exact) mass is 209 g/mol. The predicted octanol–water partition coefficient (Wildman–Crippen LogP) is 2.09. The van der Waals surface area contributed by atoms with Crippen LogP contribution in [0, 0.1) is 5.82 Å². The van der Waals surface area contributed by atoms with Crippen LogP contribution in [0.5, 0.6) is 0 Å². The summed E-state index contributed by atoms with van der Waals surface area (Å²) in [5.41, 5.74) is 0.644. The molecule has 0 atom stereocenters. The van der Waals surface area contributed by atoms with Crippen LogP contribution in [-0.2, 0) is 11.3 Å². The number of hydrogen-bond acceptors (Lipinski definition) is 2. The zero-order chi connectivity index (χ0) is 10.7. The van der Waals surface area contributed by atoms with Crippen molar-refractivity contribution >= 4 is 0 Å². The number of ether oxygens (including phenoxy) is 1.